The first-order valence-electron chi connectivity index (χ1n) is 9.75. The van der Waals surface area contributed by atoms with Crippen LogP contribution in [-0.2, 0) is 22.7 Å². The Morgan fingerprint density at radius 1 is 1.23 bits per heavy atom. The topological polar surface area (TPSA) is 49.4 Å². The molecule has 4 nitrogen and oxygen atoms in total. The lowest BCUT2D eigenvalue weighted by Gasteiger charge is -2.36. The molecule has 31 heavy (non-hydrogen) atoms. The third kappa shape index (κ3) is 4.79. The first kappa shape index (κ1) is 21.9. The normalized spacial score (nSPS) is 16.7. The van der Waals surface area contributed by atoms with Gasteiger partial charge in [-0.3, -0.25) is 9.59 Å². The van der Waals surface area contributed by atoms with Crippen LogP contribution in [0.1, 0.15) is 17.4 Å². The van der Waals surface area contributed by atoms with Crippen LogP contribution in [0, 0.1) is 11.7 Å². The van der Waals surface area contributed by atoms with E-state index in [0.717, 1.165) is 15.5 Å². The molecule has 4 rings (SSSR count). The number of thioether (sulfide) groups is 1. The number of hydrogen-bond acceptors (Lipinski definition) is 4. The number of rotatable bonds is 6. The van der Waals surface area contributed by atoms with Crippen LogP contribution in [0.15, 0.2) is 64.9 Å². The van der Waals surface area contributed by atoms with E-state index in [4.69, 9.17) is 11.6 Å². The minimum atomic E-state index is -0.572. The largest absolute Gasteiger partial charge is 0.351 e. The smallest absolute Gasteiger partial charge is 0.241 e. The highest BCUT2D eigenvalue weighted by atomic mass is 35.5. The van der Waals surface area contributed by atoms with E-state index in [9.17, 15) is 14.0 Å². The summed E-state index contributed by atoms with van der Waals surface area (Å²) in [4.78, 5) is 29.9. The summed E-state index contributed by atoms with van der Waals surface area (Å²) >= 11 is 9.19. The van der Waals surface area contributed by atoms with Gasteiger partial charge < -0.3 is 10.2 Å². The monoisotopic (exact) mass is 474 g/mol. The van der Waals surface area contributed by atoms with Gasteiger partial charge in [0, 0.05) is 14.8 Å². The zero-order chi connectivity index (χ0) is 22.0. The molecule has 1 aliphatic rings. The summed E-state index contributed by atoms with van der Waals surface area (Å²) in [5.74, 6) is -1.29. The van der Waals surface area contributed by atoms with Crippen LogP contribution in [0.5, 0.6) is 0 Å². The molecule has 0 bridgehead atoms. The third-order valence-electron chi connectivity index (χ3n) is 5.15. The second-order valence-electron chi connectivity index (χ2n) is 7.25. The summed E-state index contributed by atoms with van der Waals surface area (Å²) in [6.45, 7) is 2.42. The number of hydrogen-bond donors (Lipinski definition) is 1. The SMILES string of the molecule is C[C@@H](C(=O)NCc1cccs1)[C@@H]1Sc2ccccc2N(Cc2ccc(F)cc2Cl)C1=O. The number of fused-ring (bicyclic) bond motifs is 1. The summed E-state index contributed by atoms with van der Waals surface area (Å²) in [7, 11) is 0. The lowest BCUT2D eigenvalue weighted by atomic mass is 10.0. The molecule has 0 fully saturated rings. The number of thiophene rings is 1. The minimum Gasteiger partial charge on any atom is -0.351 e. The Bertz CT molecular complexity index is 1110. The van der Waals surface area contributed by atoms with Crippen LogP contribution in [0.2, 0.25) is 5.02 Å². The van der Waals surface area contributed by atoms with E-state index < -0.39 is 17.0 Å². The quantitative estimate of drug-likeness (QED) is 0.513. The van der Waals surface area contributed by atoms with Gasteiger partial charge in [0.15, 0.2) is 0 Å². The maximum Gasteiger partial charge on any atom is 0.241 e. The molecule has 8 heteroatoms. The maximum absolute atomic E-state index is 13.5. The zero-order valence-electron chi connectivity index (χ0n) is 16.7. The number of benzene rings is 2. The molecular formula is C23H20ClFN2O2S2. The van der Waals surface area contributed by atoms with E-state index in [2.05, 4.69) is 5.32 Å². The summed E-state index contributed by atoms with van der Waals surface area (Å²) in [5, 5.41) is 4.58. The molecule has 2 atom stereocenters. The number of nitrogens with one attached hydrogen (secondary N) is 1. The van der Waals surface area contributed by atoms with Crippen LogP contribution in [0.3, 0.4) is 0 Å². The van der Waals surface area contributed by atoms with Crippen LogP contribution in [-0.4, -0.2) is 17.1 Å². The van der Waals surface area contributed by atoms with Crippen LogP contribution < -0.4 is 10.2 Å². The van der Waals surface area contributed by atoms with Gasteiger partial charge in [0.2, 0.25) is 11.8 Å². The Morgan fingerprint density at radius 3 is 2.77 bits per heavy atom. The molecule has 0 saturated heterocycles. The van der Waals surface area contributed by atoms with Gasteiger partial charge in [0.25, 0.3) is 0 Å². The molecule has 3 aromatic rings. The maximum atomic E-state index is 13.5. The molecule has 1 N–H and O–H groups in total. The second kappa shape index (κ2) is 9.42. The van der Waals surface area contributed by atoms with Crippen molar-refractivity contribution in [2.75, 3.05) is 4.90 Å². The lowest BCUT2D eigenvalue weighted by Crippen LogP contribution is -2.47. The van der Waals surface area contributed by atoms with Crippen molar-refractivity contribution >= 4 is 52.2 Å². The molecule has 0 unspecified atom stereocenters. The molecular weight excluding hydrogens is 455 g/mol. The van der Waals surface area contributed by atoms with Crippen molar-refractivity contribution in [3.63, 3.8) is 0 Å². The Labute approximate surface area is 193 Å². The van der Waals surface area contributed by atoms with E-state index in [1.165, 1.54) is 23.9 Å². The summed E-state index contributed by atoms with van der Waals surface area (Å²) < 4.78 is 13.5. The Hall–Kier alpha value is -2.35. The number of para-hydroxylation sites is 1. The molecule has 0 saturated carbocycles. The molecule has 1 aliphatic heterocycles. The number of halogens is 2. The Morgan fingerprint density at radius 2 is 2.03 bits per heavy atom. The van der Waals surface area contributed by atoms with Crippen molar-refractivity contribution in [1.29, 1.82) is 0 Å². The highest BCUT2D eigenvalue weighted by molar-refractivity contribution is 8.01. The number of nitrogens with zero attached hydrogens (tertiary/aromatic N) is 1. The van der Waals surface area contributed by atoms with Gasteiger partial charge in [0.05, 0.1) is 24.7 Å². The summed E-state index contributed by atoms with van der Waals surface area (Å²) in [6.07, 6.45) is 0. The average molecular weight is 475 g/mol. The second-order valence-corrected chi connectivity index (χ2v) is 9.87. The molecule has 0 radical (unpaired) electrons. The van der Waals surface area contributed by atoms with Crippen LogP contribution in [0.25, 0.3) is 0 Å². The first-order valence-corrected chi connectivity index (χ1v) is 11.9. The molecule has 2 aromatic carbocycles. The fraction of sp³-hybridized carbons (Fsp3) is 0.217. The van der Waals surface area contributed by atoms with Gasteiger partial charge >= 0.3 is 0 Å². The van der Waals surface area contributed by atoms with E-state index in [1.807, 2.05) is 41.8 Å². The zero-order valence-corrected chi connectivity index (χ0v) is 19.1. The van der Waals surface area contributed by atoms with Gasteiger partial charge in [-0.1, -0.05) is 42.8 Å². The summed E-state index contributed by atoms with van der Waals surface area (Å²) in [6, 6.07) is 15.6. The molecule has 1 aromatic heterocycles. The standard InChI is InChI=1S/C23H20ClFN2O2S2/c1-14(22(28)26-12-17-5-4-10-30-17)21-23(29)27(19-6-2-3-7-20(19)31-21)13-15-8-9-16(25)11-18(15)24/h2-11,14,21H,12-13H2,1H3,(H,26,28)/t14-,21+/m1/s1. The van der Waals surface area contributed by atoms with Gasteiger partial charge in [-0.25, -0.2) is 4.39 Å². The van der Waals surface area contributed by atoms with Crippen molar-refractivity contribution in [3.05, 3.63) is 81.3 Å². The van der Waals surface area contributed by atoms with E-state index >= 15 is 0 Å². The first-order chi connectivity index (χ1) is 14.9. The van der Waals surface area contributed by atoms with Gasteiger partial charge in [-0.05, 0) is 41.3 Å². The highest BCUT2D eigenvalue weighted by Gasteiger charge is 2.39. The number of anilines is 1. The molecule has 160 valence electrons. The predicted octanol–water partition coefficient (Wildman–Crippen LogP) is 5.50. The Kier molecular flexibility index (Phi) is 6.65. The van der Waals surface area contributed by atoms with Crippen molar-refractivity contribution in [2.24, 2.45) is 5.92 Å². The Balaban J connectivity index is 1.57. The lowest BCUT2D eigenvalue weighted by molar-refractivity contribution is -0.128. The van der Waals surface area contributed by atoms with Crippen molar-refractivity contribution < 1.29 is 14.0 Å². The predicted molar refractivity (Wildman–Crippen MR) is 124 cm³/mol. The summed E-state index contributed by atoms with van der Waals surface area (Å²) in [5.41, 5.74) is 1.41. The average Bonchev–Trinajstić information content (AvgIpc) is 3.28. The molecule has 2 heterocycles. The fourth-order valence-electron chi connectivity index (χ4n) is 3.42. The number of carbonyl (C=O) groups is 2. The molecule has 0 spiro atoms. The van der Waals surface area contributed by atoms with E-state index in [-0.39, 0.29) is 23.4 Å². The highest BCUT2D eigenvalue weighted by Crippen LogP contribution is 2.42. The third-order valence-corrected chi connectivity index (χ3v) is 7.84. The number of carbonyl (C=O) groups excluding carboxylic acids is 2. The van der Waals surface area contributed by atoms with Gasteiger partial charge in [-0.15, -0.1) is 23.1 Å². The van der Waals surface area contributed by atoms with Crippen molar-refractivity contribution in [2.45, 2.75) is 30.2 Å². The number of amides is 2. The minimum absolute atomic E-state index is 0.164. The van der Waals surface area contributed by atoms with Crippen LogP contribution >= 0.6 is 34.7 Å². The molecule has 0 aliphatic carbocycles. The van der Waals surface area contributed by atoms with Crippen molar-refractivity contribution in [1.82, 2.24) is 5.32 Å². The van der Waals surface area contributed by atoms with E-state index in [0.29, 0.717) is 12.1 Å². The van der Waals surface area contributed by atoms with E-state index in [1.54, 1.807) is 29.2 Å². The fourth-order valence-corrected chi connectivity index (χ4v) is 5.58. The van der Waals surface area contributed by atoms with Gasteiger partial charge in [-0.2, -0.15) is 0 Å². The van der Waals surface area contributed by atoms with Crippen molar-refractivity contribution in [3.8, 4) is 0 Å². The van der Waals surface area contributed by atoms with Crippen LogP contribution in [0.4, 0.5) is 10.1 Å². The molecule has 2 amide bonds. The van der Waals surface area contributed by atoms with Gasteiger partial charge in [0.1, 0.15) is 11.1 Å².